The van der Waals surface area contributed by atoms with Gasteiger partial charge in [0, 0.05) is 5.92 Å². The number of rotatable bonds is 3. The molecule has 1 aliphatic carbocycles. The first kappa shape index (κ1) is 14.7. The van der Waals surface area contributed by atoms with E-state index in [0.29, 0.717) is 5.92 Å². The molecule has 2 aromatic rings. The van der Waals surface area contributed by atoms with E-state index in [1.807, 2.05) is 12.1 Å². The molecule has 0 saturated heterocycles. The van der Waals surface area contributed by atoms with E-state index in [-0.39, 0.29) is 12.5 Å². The van der Waals surface area contributed by atoms with Crippen molar-refractivity contribution in [3.8, 4) is 16.2 Å². The molecule has 4 rings (SSSR count). The SMILES string of the molecule is CCc1nc(C2CCCC2)c(-c2ccc3c(c2)OCC(=O)N3)s1. The number of nitrogens with one attached hydrogen (secondary N) is 1. The summed E-state index contributed by atoms with van der Waals surface area (Å²) in [6, 6.07) is 6.05. The highest BCUT2D eigenvalue weighted by Crippen LogP contribution is 2.43. The third-order valence-electron chi connectivity index (χ3n) is 4.62. The van der Waals surface area contributed by atoms with Crippen LogP contribution in [0.1, 0.15) is 49.2 Å². The summed E-state index contributed by atoms with van der Waals surface area (Å²) in [5, 5.41) is 4.05. The number of fused-ring (bicyclic) bond motifs is 1. The maximum atomic E-state index is 11.4. The topological polar surface area (TPSA) is 51.2 Å². The molecule has 0 radical (unpaired) electrons. The number of carbonyl (C=O) groups is 1. The number of hydrogen-bond donors (Lipinski definition) is 1. The zero-order valence-electron chi connectivity index (χ0n) is 13.2. The lowest BCUT2D eigenvalue weighted by Gasteiger charge is -2.18. The highest BCUT2D eigenvalue weighted by atomic mass is 32.1. The van der Waals surface area contributed by atoms with Crippen molar-refractivity contribution in [2.24, 2.45) is 0 Å². The van der Waals surface area contributed by atoms with Gasteiger partial charge in [0.1, 0.15) is 5.75 Å². The van der Waals surface area contributed by atoms with Gasteiger partial charge in [-0.15, -0.1) is 11.3 Å². The average molecular weight is 328 g/mol. The lowest BCUT2D eigenvalue weighted by molar-refractivity contribution is -0.118. The Kier molecular flexibility index (Phi) is 3.81. The van der Waals surface area contributed by atoms with Crippen LogP contribution in [-0.2, 0) is 11.2 Å². The van der Waals surface area contributed by atoms with Gasteiger partial charge < -0.3 is 10.1 Å². The molecule has 5 heteroatoms. The first-order chi connectivity index (χ1) is 11.2. The number of hydrogen-bond acceptors (Lipinski definition) is 4. The predicted octanol–water partition coefficient (Wildman–Crippen LogP) is 4.36. The second-order valence-corrected chi connectivity index (χ2v) is 7.29. The van der Waals surface area contributed by atoms with Gasteiger partial charge >= 0.3 is 0 Å². The summed E-state index contributed by atoms with van der Waals surface area (Å²) in [5.74, 6) is 1.26. The van der Waals surface area contributed by atoms with Crippen LogP contribution in [0.4, 0.5) is 5.69 Å². The van der Waals surface area contributed by atoms with Gasteiger partial charge in [-0.25, -0.2) is 4.98 Å². The van der Waals surface area contributed by atoms with Gasteiger partial charge in [0.05, 0.1) is 21.3 Å². The van der Waals surface area contributed by atoms with Crippen LogP contribution in [0.2, 0.25) is 0 Å². The summed E-state index contributed by atoms with van der Waals surface area (Å²) in [5.41, 5.74) is 3.18. The molecule has 0 bridgehead atoms. The van der Waals surface area contributed by atoms with Crippen LogP contribution in [0.5, 0.6) is 5.75 Å². The van der Waals surface area contributed by atoms with E-state index in [1.54, 1.807) is 11.3 Å². The normalized spacial score (nSPS) is 17.7. The highest BCUT2D eigenvalue weighted by molar-refractivity contribution is 7.15. The molecule has 1 aromatic heterocycles. The smallest absolute Gasteiger partial charge is 0.262 e. The van der Waals surface area contributed by atoms with Crippen molar-refractivity contribution >= 4 is 22.9 Å². The number of aryl methyl sites for hydroxylation is 1. The predicted molar refractivity (Wildman–Crippen MR) is 92.3 cm³/mol. The minimum absolute atomic E-state index is 0.0921. The van der Waals surface area contributed by atoms with E-state index in [0.717, 1.165) is 23.4 Å². The van der Waals surface area contributed by atoms with Crippen molar-refractivity contribution in [2.75, 3.05) is 11.9 Å². The quantitative estimate of drug-likeness (QED) is 0.910. The van der Waals surface area contributed by atoms with Crippen molar-refractivity contribution < 1.29 is 9.53 Å². The standard InChI is InChI=1S/C18H20N2O2S/c1-2-16-20-17(11-5-3-4-6-11)18(23-16)12-7-8-13-14(9-12)22-10-15(21)19-13/h7-9,11H,2-6,10H2,1H3,(H,19,21). The number of aromatic nitrogens is 1. The number of anilines is 1. The van der Waals surface area contributed by atoms with Gasteiger partial charge in [-0.05, 0) is 37.0 Å². The van der Waals surface area contributed by atoms with E-state index < -0.39 is 0 Å². The second-order valence-electron chi connectivity index (χ2n) is 6.20. The summed E-state index contributed by atoms with van der Waals surface area (Å²) in [4.78, 5) is 17.6. The summed E-state index contributed by atoms with van der Waals surface area (Å²) < 4.78 is 5.57. The Morgan fingerprint density at radius 1 is 1.35 bits per heavy atom. The van der Waals surface area contributed by atoms with Crippen LogP contribution in [0.3, 0.4) is 0 Å². The summed E-state index contributed by atoms with van der Waals surface area (Å²) in [6.45, 7) is 2.25. The number of carbonyl (C=O) groups excluding carboxylic acids is 1. The fraction of sp³-hybridized carbons (Fsp3) is 0.444. The third-order valence-corrected chi connectivity index (χ3v) is 5.88. The molecule has 4 nitrogen and oxygen atoms in total. The summed E-state index contributed by atoms with van der Waals surface area (Å²) in [7, 11) is 0. The van der Waals surface area contributed by atoms with Crippen molar-refractivity contribution in [1.29, 1.82) is 0 Å². The fourth-order valence-electron chi connectivity index (χ4n) is 3.43. The first-order valence-electron chi connectivity index (χ1n) is 8.31. The maximum absolute atomic E-state index is 11.4. The number of thiazole rings is 1. The Hall–Kier alpha value is -1.88. The van der Waals surface area contributed by atoms with Gasteiger partial charge in [-0.2, -0.15) is 0 Å². The zero-order valence-corrected chi connectivity index (χ0v) is 14.0. The molecule has 23 heavy (non-hydrogen) atoms. The molecular weight excluding hydrogens is 308 g/mol. The number of amides is 1. The molecule has 1 saturated carbocycles. The lowest BCUT2D eigenvalue weighted by atomic mass is 10.00. The van der Waals surface area contributed by atoms with Gasteiger partial charge in [-0.3, -0.25) is 4.79 Å². The molecule has 0 unspecified atom stereocenters. The van der Waals surface area contributed by atoms with Crippen LogP contribution in [0.25, 0.3) is 10.4 Å². The largest absolute Gasteiger partial charge is 0.482 e. The summed E-state index contributed by atoms with van der Waals surface area (Å²) >= 11 is 1.80. The molecule has 1 amide bonds. The molecule has 120 valence electrons. The lowest BCUT2D eigenvalue weighted by Crippen LogP contribution is -2.25. The van der Waals surface area contributed by atoms with Crippen LogP contribution in [0, 0.1) is 0 Å². The number of ether oxygens (including phenoxy) is 1. The van der Waals surface area contributed by atoms with Crippen molar-refractivity contribution in [2.45, 2.75) is 44.9 Å². The minimum Gasteiger partial charge on any atom is -0.482 e. The van der Waals surface area contributed by atoms with Crippen LogP contribution in [0.15, 0.2) is 18.2 Å². The fourth-order valence-corrected chi connectivity index (χ4v) is 4.51. The van der Waals surface area contributed by atoms with Crippen LogP contribution < -0.4 is 10.1 Å². The van der Waals surface area contributed by atoms with E-state index >= 15 is 0 Å². The van der Waals surface area contributed by atoms with E-state index in [4.69, 9.17) is 9.72 Å². The second kappa shape index (κ2) is 5.96. The maximum Gasteiger partial charge on any atom is 0.262 e. The van der Waals surface area contributed by atoms with Crippen molar-refractivity contribution in [1.82, 2.24) is 4.98 Å². The number of benzene rings is 1. The molecule has 0 spiro atoms. The average Bonchev–Trinajstić information content (AvgIpc) is 3.23. The number of nitrogens with zero attached hydrogens (tertiary/aromatic N) is 1. The minimum atomic E-state index is -0.0945. The molecule has 2 heterocycles. The molecular formula is C18H20N2O2S. The Balaban J connectivity index is 1.75. The molecule has 2 aliphatic rings. The van der Waals surface area contributed by atoms with E-state index in [9.17, 15) is 4.79 Å². The van der Waals surface area contributed by atoms with Gasteiger partial charge in [0.15, 0.2) is 6.61 Å². The molecule has 1 aromatic carbocycles. The molecule has 1 N–H and O–H groups in total. The van der Waals surface area contributed by atoms with Crippen molar-refractivity contribution in [3.63, 3.8) is 0 Å². The van der Waals surface area contributed by atoms with E-state index in [1.165, 1.54) is 41.3 Å². The zero-order chi connectivity index (χ0) is 15.8. The van der Waals surface area contributed by atoms with Gasteiger partial charge in [0.2, 0.25) is 0 Å². The van der Waals surface area contributed by atoms with E-state index in [2.05, 4.69) is 18.3 Å². The van der Waals surface area contributed by atoms with Gasteiger partial charge in [0.25, 0.3) is 5.91 Å². The third kappa shape index (κ3) is 2.74. The Morgan fingerprint density at radius 3 is 2.96 bits per heavy atom. The highest BCUT2D eigenvalue weighted by Gasteiger charge is 2.25. The summed E-state index contributed by atoms with van der Waals surface area (Å²) in [6.07, 6.45) is 6.08. The molecule has 1 aliphatic heterocycles. The molecule has 1 fully saturated rings. The van der Waals surface area contributed by atoms with Crippen LogP contribution in [-0.4, -0.2) is 17.5 Å². The van der Waals surface area contributed by atoms with Gasteiger partial charge in [-0.1, -0.05) is 25.8 Å². The first-order valence-corrected chi connectivity index (χ1v) is 9.13. The Labute approximate surface area is 139 Å². The van der Waals surface area contributed by atoms with Crippen LogP contribution >= 0.6 is 11.3 Å². The monoisotopic (exact) mass is 328 g/mol. The Bertz CT molecular complexity index is 747. The van der Waals surface area contributed by atoms with Crippen molar-refractivity contribution in [3.05, 3.63) is 28.9 Å². The Morgan fingerprint density at radius 2 is 2.17 bits per heavy atom. The molecule has 0 atom stereocenters.